The summed E-state index contributed by atoms with van der Waals surface area (Å²) in [6.07, 6.45) is 3.53. The van der Waals surface area contributed by atoms with Crippen molar-refractivity contribution in [1.82, 2.24) is 19.6 Å². The lowest BCUT2D eigenvalue weighted by molar-refractivity contribution is 0.0742. The van der Waals surface area contributed by atoms with Crippen LogP contribution < -0.4 is 5.32 Å². The molecule has 0 aliphatic rings. The van der Waals surface area contributed by atoms with E-state index >= 15 is 0 Å². The predicted molar refractivity (Wildman–Crippen MR) is 114 cm³/mol. The molecule has 0 aliphatic carbocycles. The lowest BCUT2D eigenvalue weighted by atomic mass is 10.1. The van der Waals surface area contributed by atoms with E-state index < -0.39 is 0 Å². The van der Waals surface area contributed by atoms with Gasteiger partial charge in [-0.15, -0.1) is 0 Å². The van der Waals surface area contributed by atoms with Gasteiger partial charge in [0.25, 0.3) is 11.8 Å². The third-order valence-electron chi connectivity index (χ3n) is 4.80. The Bertz CT molecular complexity index is 986. The SMILES string of the molecule is CCCN(CCC)C(=O)c1nc(C(=O)NCc2ccc(C)cc2)c2ccccn12. The van der Waals surface area contributed by atoms with E-state index in [4.69, 9.17) is 0 Å². The van der Waals surface area contributed by atoms with Crippen LogP contribution in [0.15, 0.2) is 48.7 Å². The highest BCUT2D eigenvalue weighted by atomic mass is 16.2. The third kappa shape index (κ3) is 4.65. The number of hydrogen-bond donors (Lipinski definition) is 1. The normalized spacial score (nSPS) is 10.9. The summed E-state index contributed by atoms with van der Waals surface area (Å²) in [6, 6.07) is 13.5. The van der Waals surface area contributed by atoms with Crippen LogP contribution in [0.2, 0.25) is 0 Å². The average Bonchev–Trinajstić information content (AvgIpc) is 3.12. The summed E-state index contributed by atoms with van der Waals surface area (Å²) in [5, 5.41) is 2.92. The first-order valence-electron chi connectivity index (χ1n) is 10.1. The molecule has 3 aromatic rings. The topological polar surface area (TPSA) is 66.7 Å². The van der Waals surface area contributed by atoms with E-state index in [1.54, 1.807) is 15.5 Å². The summed E-state index contributed by atoms with van der Waals surface area (Å²) in [5.74, 6) is -0.152. The summed E-state index contributed by atoms with van der Waals surface area (Å²) < 4.78 is 1.71. The first-order chi connectivity index (χ1) is 14.0. The van der Waals surface area contributed by atoms with Gasteiger partial charge in [-0.25, -0.2) is 4.98 Å². The van der Waals surface area contributed by atoms with E-state index in [0.717, 1.165) is 18.4 Å². The second-order valence-corrected chi connectivity index (χ2v) is 7.20. The van der Waals surface area contributed by atoms with Crippen molar-refractivity contribution in [2.24, 2.45) is 0 Å². The average molecular weight is 393 g/mol. The van der Waals surface area contributed by atoms with Gasteiger partial charge in [0.2, 0.25) is 5.82 Å². The maximum Gasteiger partial charge on any atom is 0.290 e. The number of aryl methyl sites for hydroxylation is 1. The van der Waals surface area contributed by atoms with Gasteiger partial charge >= 0.3 is 0 Å². The standard InChI is InChI=1S/C23H28N4O2/c1-4-13-26(14-5-2)23(29)21-25-20(19-8-6-7-15-27(19)21)22(28)24-16-18-11-9-17(3)10-12-18/h6-12,15H,4-5,13-14,16H2,1-3H3,(H,24,28). The fourth-order valence-electron chi connectivity index (χ4n) is 3.32. The van der Waals surface area contributed by atoms with Gasteiger partial charge in [0.1, 0.15) is 0 Å². The van der Waals surface area contributed by atoms with Gasteiger partial charge in [-0.1, -0.05) is 49.7 Å². The lowest BCUT2D eigenvalue weighted by Gasteiger charge is -2.20. The smallest absolute Gasteiger partial charge is 0.290 e. The highest BCUT2D eigenvalue weighted by Gasteiger charge is 2.24. The van der Waals surface area contributed by atoms with Crippen LogP contribution in [0.4, 0.5) is 0 Å². The molecule has 0 radical (unpaired) electrons. The third-order valence-corrected chi connectivity index (χ3v) is 4.80. The van der Waals surface area contributed by atoms with E-state index in [0.29, 0.717) is 25.2 Å². The number of nitrogens with one attached hydrogen (secondary N) is 1. The maximum absolute atomic E-state index is 13.1. The quantitative estimate of drug-likeness (QED) is 0.633. The fraction of sp³-hybridized carbons (Fsp3) is 0.348. The summed E-state index contributed by atoms with van der Waals surface area (Å²) >= 11 is 0. The number of hydrogen-bond acceptors (Lipinski definition) is 3. The Hall–Kier alpha value is -3.15. The van der Waals surface area contributed by atoms with Crippen LogP contribution in [0.3, 0.4) is 0 Å². The van der Waals surface area contributed by atoms with Gasteiger partial charge in [-0.3, -0.25) is 14.0 Å². The second-order valence-electron chi connectivity index (χ2n) is 7.20. The molecule has 1 aromatic carbocycles. The largest absolute Gasteiger partial charge is 0.347 e. The van der Waals surface area contributed by atoms with Gasteiger partial charge in [-0.2, -0.15) is 0 Å². The van der Waals surface area contributed by atoms with Crippen LogP contribution in [0, 0.1) is 6.92 Å². The number of fused-ring (bicyclic) bond motifs is 1. The minimum absolute atomic E-state index is 0.146. The van der Waals surface area contributed by atoms with Gasteiger partial charge in [0.05, 0.1) is 5.52 Å². The lowest BCUT2D eigenvalue weighted by Crippen LogP contribution is -2.33. The first kappa shape index (κ1) is 20.6. The molecule has 0 bridgehead atoms. The molecule has 0 saturated heterocycles. The molecule has 2 aromatic heterocycles. The minimum Gasteiger partial charge on any atom is -0.347 e. The van der Waals surface area contributed by atoms with Gasteiger partial charge < -0.3 is 10.2 Å². The summed E-state index contributed by atoms with van der Waals surface area (Å²) in [4.78, 5) is 32.2. The number of aromatic nitrogens is 2. The van der Waals surface area contributed by atoms with E-state index in [1.807, 2.05) is 63.2 Å². The Labute approximate surface area is 171 Å². The fourth-order valence-corrected chi connectivity index (χ4v) is 3.32. The summed E-state index contributed by atoms with van der Waals surface area (Å²) in [6.45, 7) is 7.87. The number of pyridine rings is 1. The molecule has 1 N–H and O–H groups in total. The molecule has 0 spiro atoms. The van der Waals surface area contributed by atoms with Gasteiger partial charge in [-0.05, 0) is 37.5 Å². The Kier molecular flexibility index (Phi) is 6.65. The van der Waals surface area contributed by atoms with Crippen molar-refractivity contribution in [1.29, 1.82) is 0 Å². The highest BCUT2D eigenvalue weighted by Crippen LogP contribution is 2.16. The molecule has 29 heavy (non-hydrogen) atoms. The monoisotopic (exact) mass is 392 g/mol. The number of benzene rings is 1. The van der Waals surface area contributed by atoms with E-state index in [-0.39, 0.29) is 23.3 Å². The Balaban J connectivity index is 1.87. The number of imidazole rings is 1. The Morgan fingerprint density at radius 1 is 1.03 bits per heavy atom. The number of amides is 2. The van der Waals surface area contributed by atoms with Gasteiger partial charge in [0, 0.05) is 25.8 Å². The molecule has 0 saturated carbocycles. The molecule has 152 valence electrons. The molecule has 3 rings (SSSR count). The summed E-state index contributed by atoms with van der Waals surface area (Å²) in [5.41, 5.74) is 3.09. The number of carbonyl (C=O) groups is 2. The summed E-state index contributed by atoms with van der Waals surface area (Å²) in [7, 11) is 0. The van der Waals surface area contributed by atoms with Crippen molar-refractivity contribution < 1.29 is 9.59 Å². The molecule has 0 fully saturated rings. The molecule has 2 heterocycles. The zero-order valence-corrected chi connectivity index (χ0v) is 17.3. The highest BCUT2D eigenvalue weighted by molar-refractivity contribution is 6.02. The molecule has 0 atom stereocenters. The maximum atomic E-state index is 13.1. The van der Waals surface area contributed by atoms with Crippen molar-refractivity contribution in [2.75, 3.05) is 13.1 Å². The Morgan fingerprint density at radius 3 is 2.38 bits per heavy atom. The van der Waals surface area contributed by atoms with Crippen molar-refractivity contribution in [3.05, 3.63) is 71.3 Å². The van der Waals surface area contributed by atoms with Crippen LogP contribution in [-0.4, -0.2) is 39.2 Å². The zero-order chi connectivity index (χ0) is 20.8. The van der Waals surface area contributed by atoms with Crippen LogP contribution in [0.1, 0.15) is 58.9 Å². The van der Waals surface area contributed by atoms with Crippen molar-refractivity contribution in [3.8, 4) is 0 Å². The Morgan fingerprint density at radius 2 is 1.72 bits per heavy atom. The number of nitrogens with zero attached hydrogens (tertiary/aromatic N) is 3. The molecule has 0 unspecified atom stereocenters. The number of carbonyl (C=O) groups excluding carboxylic acids is 2. The van der Waals surface area contributed by atoms with Crippen LogP contribution in [-0.2, 0) is 6.54 Å². The molecular formula is C23H28N4O2. The molecule has 6 nitrogen and oxygen atoms in total. The first-order valence-corrected chi connectivity index (χ1v) is 10.1. The van der Waals surface area contributed by atoms with E-state index in [9.17, 15) is 9.59 Å². The minimum atomic E-state index is -0.286. The van der Waals surface area contributed by atoms with E-state index in [2.05, 4.69) is 10.3 Å². The van der Waals surface area contributed by atoms with Crippen LogP contribution in [0.25, 0.3) is 5.52 Å². The van der Waals surface area contributed by atoms with E-state index in [1.165, 1.54) is 5.56 Å². The number of rotatable bonds is 8. The molecule has 6 heteroatoms. The van der Waals surface area contributed by atoms with Crippen molar-refractivity contribution in [2.45, 2.75) is 40.2 Å². The van der Waals surface area contributed by atoms with Crippen molar-refractivity contribution >= 4 is 17.3 Å². The molecule has 2 amide bonds. The molecular weight excluding hydrogens is 364 g/mol. The predicted octanol–water partition coefficient (Wildman–Crippen LogP) is 3.83. The van der Waals surface area contributed by atoms with Gasteiger partial charge in [0.15, 0.2) is 5.69 Å². The van der Waals surface area contributed by atoms with Crippen molar-refractivity contribution in [3.63, 3.8) is 0 Å². The zero-order valence-electron chi connectivity index (χ0n) is 17.3. The van der Waals surface area contributed by atoms with Crippen LogP contribution >= 0.6 is 0 Å². The molecule has 0 aliphatic heterocycles. The van der Waals surface area contributed by atoms with Crippen LogP contribution in [0.5, 0.6) is 0 Å². The second kappa shape index (κ2) is 9.37.